The molecule has 0 radical (unpaired) electrons. The Hall–Kier alpha value is -1.18. The lowest BCUT2D eigenvalue weighted by molar-refractivity contribution is -0.121. The second kappa shape index (κ2) is 8.45. The third-order valence-corrected chi connectivity index (χ3v) is 4.94. The van der Waals surface area contributed by atoms with Crippen molar-refractivity contribution in [1.29, 1.82) is 0 Å². The van der Waals surface area contributed by atoms with Crippen LogP contribution in [0.25, 0.3) is 0 Å². The molecule has 22 heavy (non-hydrogen) atoms. The van der Waals surface area contributed by atoms with Crippen molar-refractivity contribution >= 4 is 27.5 Å². The maximum atomic E-state index is 12.2. The number of carbonyl (C=O) groups is 1. The highest BCUT2D eigenvalue weighted by Gasteiger charge is 2.22. The van der Waals surface area contributed by atoms with Crippen LogP contribution in [-0.4, -0.2) is 31.9 Å². The summed E-state index contributed by atoms with van der Waals surface area (Å²) in [5.74, 6) is 0.317. The van der Waals surface area contributed by atoms with Crippen molar-refractivity contribution in [1.82, 2.24) is 15.0 Å². The van der Waals surface area contributed by atoms with Gasteiger partial charge < -0.3 is 5.32 Å². The first-order valence-electron chi connectivity index (χ1n) is 7.12. The van der Waals surface area contributed by atoms with Crippen LogP contribution in [0.3, 0.4) is 0 Å². The number of sulfonamides is 1. The molecule has 1 atom stereocenters. The number of pyridine rings is 1. The Balaban J connectivity index is 2.55. The number of aromatic nitrogens is 1. The molecule has 0 fully saturated rings. The lowest BCUT2D eigenvalue weighted by atomic mass is 10.1. The van der Waals surface area contributed by atoms with E-state index in [0.29, 0.717) is 12.5 Å². The Morgan fingerprint density at radius 2 is 2.05 bits per heavy atom. The molecule has 2 N–H and O–H groups in total. The molecule has 0 aliphatic carbocycles. The molecule has 1 rings (SSSR count). The number of amides is 1. The number of nitrogens with zero attached hydrogens (tertiary/aromatic N) is 1. The van der Waals surface area contributed by atoms with E-state index in [1.54, 1.807) is 6.92 Å². The zero-order chi connectivity index (χ0) is 16.8. The van der Waals surface area contributed by atoms with E-state index < -0.39 is 16.1 Å². The summed E-state index contributed by atoms with van der Waals surface area (Å²) in [5.41, 5.74) is 0. The van der Waals surface area contributed by atoms with E-state index in [0.717, 1.165) is 6.42 Å². The number of hydrogen-bond acceptors (Lipinski definition) is 4. The van der Waals surface area contributed by atoms with Crippen molar-refractivity contribution in [2.45, 2.75) is 44.6 Å². The van der Waals surface area contributed by atoms with E-state index in [1.807, 2.05) is 0 Å². The summed E-state index contributed by atoms with van der Waals surface area (Å²) < 4.78 is 26.8. The fourth-order valence-electron chi connectivity index (χ4n) is 1.79. The van der Waals surface area contributed by atoms with Crippen LogP contribution in [0.15, 0.2) is 23.2 Å². The maximum Gasteiger partial charge on any atom is 0.243 e. The normalized spacial score (nSPS) is 13.1. The van der Waals surface area contributed by atoms with Crippen molar-refractivity contribution < 1.29 is 13.2 Å². The van der Waals surface area contributed by atoms with Crippen molar-refractivity contribution in [3.8, 4) is 0 Å². The van der Waals surface area contributed by atoms with E-state index in [9.17, 15) is 13.2 Å². The van der Waals surface area contributed by atoms with Gasteiger partial charge in [0.25, 0.3) is 0 Å². The van der Waals surface area contributed by atoms with Gasteiger partial charge in [0.15, 0.2) is 0 Å². The van der Waals surface area contributed by atoms with Crippen LogP contribution in [0.4, 0.5) is 0 Å². The first-order chi connectivity index (χ1) is 10.2. The summed E-state index contributed by atoms with van der Waals surface area (Å²) in [6.45, 7) is 6.36. The topological polar surface area (TPSA) is 88.2 Å². The van der Waals surface area contributed by atoms with E-state index in [-0.39, 0.29) is 22.4 Å². The molecule has 6 nitrogen and oxygen atoms in total. The molecule has 1 aromatic rings. The Morgan fingerprint density at radius 3 is 2.64 bits per heavy atom. The van der Waals surface area contributed by atoms with Crippen molar-refractivity contribution in [3.63, 3.8) is 0 Å². The largest absolute Gasteiger partial charge is 0.356 e. The number of halogens is 1. The van der Waals surface area contributed by atoms with Crippen LogP contribution in [0, 0.1) is 5.92 Å². The summed E-state index contributed by atoms with van der Waals surface area (Å²) in [5, 5.41) is 2.68. The van der Waals surface area contributed by atoms with Gasteiger partial charge in [-0.15, -0.1) is 0 Å². The van der Waals surface area contributed by atoms with E-state index in [1.165, 1.54) is 18.3 Å². The standard InChI is InChI=1S/C14H22ClN3O3S/c1-10(2)6-8-16-13(19)9-11(3)18-22(20,21)12-5-4-7-17-14(12)15/h4-5,7,10-11,18H,6,8-9H2,1-3H3,(H,16,19). The highest BCUT2D eigenvalue weighted by molar-refractivity contribution is 7.89. The molecular formula is C14H22ClN3O3S. The second-order valence-electron chi connectivity index (χ2n) is 5.55. The minimum absolute atomic E-state index is 0.0647. The summed E-state index contributed by atoms with van der Waals surface area (Å²) in [4.78, 5) is 15.4. The molecule has 0 bridgehead atoms. The van der Waals surface area contributed by atoms with Crippen molar-refractivity contribution in [2.24, 2.45) is 5.92 Å². The van der Waals surface area contributed by atoms with E-state index in [2.05, 4.69) is 28.9 Å². The lowest BCUT2D eigenvalue weighted by Crippen LogP contribution is -2.37. The predicted octanol–water partition coefficient (Wildman–Crippen LogP) is 1.95. The zero-order valence-electron chi connectivity index (χ0n) is 13.0. The zero-order valence-corrected chi connectivity index (χ0v) is 14.5. The molecule has 0 saturated carbocycles. The molecule has 0 aliphatic rings. The van der Waals surface area contributed by atoms with Crippen molar-refractivity contribution in [2.75, 3.05) is 6.54 Å². The average molecular weight is 348 g/mol. The van der Waals surface area contributed by atoms with Crippen LogP contribution in [0.2, 0.25) is 5.15 Å². The molecular weight excluding hydrogens is 326 g/mol. The molecule has 0 spiro atoms. The smallest absolute Gasteiger partial charge is 0.243 e. The van der Waals surface area contributed by atoms with Gasteiger partial charge in [-0.3, -0.25) is 4.79 Å². The minimum atomic E-state index is -3.79. The van der Waals surface area contributed by atoms with Gasteiger partial charge in [-0.2, -0.15) is 0 Å². The molecule has 1 amide bonds. The Bertz CT molecular complexity index is 605. The van der Waals surface area contributed by atoms with Crippen LogP contribution in [0.1, 0.15) is 33.6 Å². The highest BCUT2D eigenvalue weighted by atomic mass is 35.5. The maximum absolute atomic E-state index is 12.2. The number of nitrogens with one attached hydrogen (secondary N) is 2. The SMILES string of the molecule is CC(C)CCNC(=O)CC(C)NS(=O)(=O)c1cccnc1Cl. The third kappa shape index (κ3) is 6.29. The Kier molecular flexibility index (Phi) is 7.25. The molecule has 0 saturated heterocycles. The molecule has 124 valence electrons. The average Bonchev–Trinajstić information content (AvgIpc) is 2.37. The van der Waals surface area contributed by atoms with E-state index >= 15 is 0 Å². The fraction of sp³-hybridized carbons (Fsp3) is 0.571. The minimum Gasteiger partial charge on any atom is -0.356 e. The molecule has 0 aromatic carbocycles. The van der Waals surface area contributed by atoms with Gasteiger partial charge >= 0.3 is 0 Å². The third-order valence-electron chi connectivity index (χ3n) is 2.91. The van der Waals surface area contributed by atoms with Gasteiger partial charge in [0.1, 0.15) is 10.0 Å². The van der Waals surface area contributed by atoms with Gasteiger partial charge in [-0.25, -0.2) is 18.1 Å². The summed E-state index contributed by atoms with van der Waals surface area (Å²) >= 11 is 5.79. The molecule has 1 aromatic heterocycles. The van der Waals surface area contributed by atoms with Gasteiger partial charge in [0, 0.05) is 25.2 Å². The van der Waals surface area contributed by atoms with Gasteiger partial charge in [0.2, 0.25) is 15.9 Å². The first-order valence-corrected chi connectivity index (χ1v) is 8.98. The second-order valence-corrected chi connectivity index (χ2v) is 7.59. The Morgan fingerprint density at radius 1 is 1.36 bits per heavy atom. The lowest BCUT2D eigenvalue weighted by Gasteiger charge is -2.15. The summed E-state index contributed by atoms with van der Waals surface area (Å²) in [7, 11) is -3.79. The predicted molar refractivity (Wildman–Crippen MR) is 86.1 cm³/mol. The number of rotatable bonds is 8. The van der Waals surface area contributed by atoms with Crippen molar-refractivity contribution in [3.05, 3.63) is 23.5 Å². The van der Waals surface area contributed by atoms with Gasteiger partial charge in [-0.05, 0) is 31.4 Å². The van der Waals surface area contributed by atoms with E-state index in [4.69, 9.17) is 11.6 Å². The van der Waals surface area contributed by atoms with Crippen LogP contribution < -0.4 is 10.0 Å². The van der Waals surface area contributed by atoms with Crippen LogP contribution >= 0.6 is 11.6 Å². The Labute approximate surface area is 136 Å². The monoisotopic (exact) mass is 347 g/mol. The first kappa shape index (κ1) is 18.9. The quantitative estimate of drug-likeness (QED) is 0.703. The molecule has 1 unspecified atom stereocenters. The fourth-order valence-corrected chi connectivity index (χ4v) is 3.49. The molecule has 8 heteroatoms. The number of carbonyl (C=O) groups excluding carboxylic acids is 1. The molecule has 0 aliphatic heterocycles. The number of hydrogen-bond donors (Lipinski definition) is 2. The highest BCUT2D eigenvalue weighted by Crippen LogP contribution is 2.18. The molecule has 1 heterocycles. The van der Waals surface area contributed by atoms with Crippen LogP contribution in [-0.2, 0) is 14.8 Å². The van der Waals surface area contributed by atoms with Gasteiger partial charge in [-0.1, -0.05) is 25.4 Å². The van der Waals surface area contributed by atoms with Gasteiger partial charge in [0.05, 0.1) is 0 Å². The summed E-state index contributed by atoms with van der Waals surface area (Å²) in [6, 6.07) is 2.32. The summed E-state index contributed by atoms with van der Waals surface area (Å²) in [6.07, 6.45) is 2.36. The van der Waals surface area contributed by atoms with Crippen LogP contribution in [0.5, 0.6) is 0 Å².